The number of nitriles is 1. The van der Waals surface area contributed by atoms with Crippen LogP contribution in [0.4, 0.5) is 10.1 Å². The quantitative estimate of drug-likeness (QED) is 0.773. The third-order valence-corrected chi connectivity index (χ3v) is 4.75. The van der Waals surface area contributed by atoms with Crippen molar-refractivity contribution in [2.24, 2.45) is 0 Å². The van der Waals surface area contributed by atoms with Crippen molar-refractivity contribution < 1.29 is 17.6 Å². The van der Waals surface area contributed by atoms with Crippen LogP contribution in [-0.2, 0) is 13.8 Å². The lowest BCUT2D eigenvalue weighted by Gasteiger charge is -2.17. The minimum Gasteiger partial charge on any atom is -0.308 e. The molecule has 1 atom stereocenters. The predicted octanol–water partition coefficient (Wildman–Crippen LogP) is 1.37. The second-order valence-electron chi connectivity index (χ2n) is 4.06. The number of rotatable bonds is 2. The molecule has 0 aliphatic carbocycles. The first-order valence-electron chi connectivity index (χ1n) is 5.27. The fourth-order valence-corrected chi connectivity index (χ4v) is 2.94. The van der Waals surface area contributed by atoms with Gasteiger partial charge in [0.05, 0.1) is 11.3 Å². The van der Waals surface area contributed by atoms with Crippen molar-refractivity contribution in [1.29, 1.82) is 5.26 Å². The summed E-state index contributed by atoms with van der Waals surface area (Å²) in [6.07, 6.45) is -0.290. The molecule has 1 aliphatic rings. The van der Waals surface area contributed by atoms with Gasteiger partial charge in [-0.2, -0.15) is 5.26 Å². The van der Waals surface area contributed by atoms with Crippen molar-refractivity contribution in [2.75, 3.05) is 11.4 Å². The lowest BCUT2D eigenvalue weighted by atomic mass is 10.2. The number of hydrogen-bond acceptors (Lipinski definition) is 4. The van der Waals surface area contributed by atoms with E-state index in [-0.39, 0.29) is 24.2 Å². The van der Waals surface area contributed by atoms with Gasteiger partial charge < -0.3 is 4.90 Å². The highest BCUT2D eigenvalue weighted by molar-refractivity contribution is 8.14. The van der Waals surface area contributed by atoms with Crippen molar-refractivity contribution in [2.45, 2.75) is 11.7 Å². The Bertz CT molecular complexity index is 684. The average Bonchev–Trinajstić information content (AvgIpc) is 2.71. The molecular weight excluding hydrogens is 295 g/mol. The van der Waals surface area contributed by atoms with Crippen molar-refractivity contribution in [3.05, 3.63) is 29.6 Å². The Kier molecular flexibility index (Phi) is 3.47. The van der Waals surface area contributed by atoms with Gasteiger partial charge in [0.15, 0.2) is 5.82 Å². The topological polar surface area (TPSA) is 78.2 Å². The van der Waals surface area contributed by atoms with E-state index in [2.05, 4.69) is 0 Å². The van der Waals surface area contributed by atoms with Crippen molar-refractivity contribution in [3.8, 4) is 6.07 Å². The fourth-order valence-electron chi connectivity index (χ4n) is 1.91. The molecular formula is C11H8ClFN2O3S. The SMILES string of the molecule is N#Cc1cccc(N2CC(S(=O)(=O)Cl)CC2=O)c1F. The average molecular weight is 303 g/mol. The molecule has 0 radical (unpaired) electrons. The van der Waals surface area contributed by atoms with Crippen molar-refractivity contribution in [3.63, 3.8) is 0 Å². The highest BCUT2D eigenvalue weighted by Crippen LogP contribution is 2.29. The molecule has 1 unspecified atom stereocenters. The number of carbonyl (C=O) groups excluding carboxylic acids is 1. The maximum Gasteiger partial charge on any atom is 0.237 e. The number of carbonyl (C=O) groups is 1. The van der Waals surface area contributed by atoms with E-state index in [1.165, 1.54) is 18.2 Å². The zero-order valence-electron chi connectivity index (χ0n) is 9.51. The van der Waals surface area contributed by atoms with Gasteiger partial charge in [0.2, 0.25) is 15.0 Å². The number of hydrogen-bond donors (Lipinski definition) is 0. The van der Waals surface area contributed by atoms with E-state index in [1.54, 1.807) is 6.07 Å². The van der Waals surface area contributed by atoms with Crippen LogP contribution in [0.3, 0.4) is 0 Å². The van der Waals surface area contributed by atoms with Crippen LogP contribution in [-0.4, -0.2) is 26.1 Å². The van der Waals surface area contributed by atoms with Gasteiger partial charge in [-0.3, -0.25) is 4.79 Å². The van der Waals surface area contributed by atoms with Crippen LogP contribution in [0.1, 0.15) is 12.0 Å². The van der Waals surface area contributed by atoms with Crippen LogP contribution in [0.15, 0.2) is 18.2 Å². The maximum atomic E-state index is 13.9. The molecule has 0 aromatic heterocycles. The summed E-state index contributed by atoms with van der Waals surface area (Å²) in [6, 6.07) is 5.67. The maximum absolute atomic E-state index is 13.9. The number of halogens is 2. The van der Waals surface area contributed by atoms with E-state index in [0.29, 0.717) is 0 Å². The highest BCUT2D eigenvalue weighted by atomic mass is 35.7. The molecule has 5 nitrogen and oxygen atoms in total. The summed E-state index contributed by atoms with van der Waals surface area (Å²) in [7, 11) is 1.32. The van der Waals surface area contributed by atoms with Gasteiger partial charge in [0.25, 0.3) is 0 Å². The molecule has 1 heterocycles. The molecule has 0 bridgehead atoms. The van der Waals surface area contributed by atoms with Gasteiger partial charge in [-0.25, -0.2) is 12.8 Å². The number of nitrogens with zero attached hydrogens (tertiary/aromatic N) is 2. The van der Waals surface area contributed by atoms with Crippen molar-refractivity contribution in [1.82, 2.24) is 0 Å². The fraction of sp³-hybridized carbons (Fsp3) is 0.273. The normalized spacial score (nSPS) is 19.5. The van der Waals surface area contributed by atoms with E-state index in [0.717, 1.165) is 4.90 Å². The summed E-state index contributed by atoms with van der Waals surface area (Å²) in [5.41, 5.74) is -0.311. The van der Waals surface area contributed by atoms with Crippen LogP contribution in [0.2, 0.25) is 0 Å². The summed E-state index contributed by atoms with van der Waals surface area (Å²) < 4.78 is 36.3. The molecule has 1 amide bonds. The Labute approximate surface area is 113 Å². The zero-order valence-corrected chi connectivity index (χ0v) is 11.1. The van der Waals surface area contributed by atoms with E-state index in [1.807, 2.05) is 0 Å². The minimum absolute atomic E-state index is 0.105. The highest BCUT2D eigenvalue weighted by Gasteiger charge is 2.39. The van der Waals surface area contributed by atoms with E-state index in [9.17, 15) is 17.6 Å². The first-order chi connectivity index (χ1) is 8.84. The molecule has 1 fully saturated rings. The first-order valence-corrected chi connectivity index (χ1v) is 7.64. The molecule has 1 aromatic carbocycles. The van der Waals surface area contributed by atoms with Crippen LogP contribution < -0.4 is 4.90 Å². The van der Waals surface area contributed by atoms with Crippen LogP contribution in [0, 0.1) is 17.1 Å². The molecule has 19 heavy (non-hydrogen) atoms. The van der Waals surface area contributed by atoms with Crippen molar-refractivity contribution >= 4 is 31.3 Å². The standard InChI is InChI=1S/C11H8ClFN2O3S/c12-19(17,18)8-4-10(16)15(6-8)9-3-1-2-7(5-14)11(9)13/h1-3,8H,4,6H2. The zero-order chi connectivity index (χ0) is 14.2. The van der Waals surface area contributed by atoms with Crippen LogP contribution in [0.25, 0.3) is 0 Å². The molecule has 0 spiro atoms. The third-order valence-electron chi connectivity index (χ3n) is 2.88. The monoisotopic (exact) mass is 302 g/mol. The predicted molar refractivity (Wildman–Crippen MR) is 66.6 cm³/mol. The first kappa shape index (κ1) is 13.8. The number of amides is 1. The van der Waals surface area contributed by atoms with Crippen LogP contribution >= 0.6 is 10.7 Å². The molecule has 1 aromatic rings. The summed E-state index contributed by atoms with van der Waals surface area (Å²) in [5, 5.41) is 7.66. The minimum atomic E-state index is -3.88. The Morgan fingerprint density at radius 1 is 1.47 bits per heavy atom. The lowest BCUT2D eigenvalue weighted by Crippen LogP contribution is -2.27. The Hall–Kier alpha value is -1.65. The van der Waals surface area contributed by atoms with E-state index in [4.69, 9.17) is 15.9 Å². The van der Waals surface area contributed by atoms with Crippen LogP contribution in [0.5, 0.6) is 0 Å². The summed E-state index contributed by atoms with van der Waals surface area (Å²) in [6.45, 7) is -0.212. The summed E-state index contributed by atoms with van der Waals surface area (Å²) in [5.74, 6) is -1.38. The van der Waals surface area contributed by atoms with Gasteiger partial charge in [0.1, 0.15) is 11.3 Å². The molecule has 1 aliphatic heterocycles. The molecule has 100 valence electrons. The Morgan fingerprint density at radius 3 is 2.68 bits per heavy atom. The third kappa shape index (κ3) is 2.55. The van der Waals surface area contributed by atoms with Gasteiger partial charge in [0, 0.05) is 23.6 Å². The molecule has 2 rings (SSSR count). The summed E-state index contributed by atoms with van der Waals surface area (Å²) in [4.78, 5) is 12.7. The smallest absolute Gasteiger partial charge is 0.237 e. The van der Waals surface area contributed by atoms with Gasteiger partial charge in [-0.1, -0.05) is 6.07 Å². The van der Waals surface area contributed by atoms with Gasteiger partial charge >= 0.3 is 0 Å². The molecule has 1 saturated heterocycles. The summed E-state index contributed by atoms with van der Waals surface area (Å²) >= 11 is 0. The van der Waals surface area contributed by atoms with Gasteiger partial charge in [-0.05, 0) is 12.1 Å². The lowest BCUT2D eigenvalue weighted by molar-refractivity contribution is -0.117. The molecule has 8 heteroatoms. The largest absolute Gasteiger partial charge is 0.308 e. The second-order valence-corrected chi connectivity index (χ2v) is 6.96. The Morgan fingerprint density at radius 2 is 2.16 bits per heavy atom. The number of anilines is 1. The Balaban J connectivity index is 2.40. The van der Waals surface area contributed by atoms with E-state index < -0.39 is 26.0 Å². The molecule has 0 N–H and O–H groups in total. The molecule has 0 saturated carbocycles. The van der Waals surface area contributed by atoms with E-state index >= 15 is 0 Å². The van der Waals surface area contributed by atoms with Gasteiger partial charge in [-0.15, -0.1) is 0 Å². The number of benzene rings is 1. The second kappa shape index (κ2) is 4.79.